The van der Waals surface area contributed by atoms with Gasteiger partial charge < -0.3 is 19.5 Å². The second kappa shape index (κ2) is 13.2. The summed E-state index contributed by atoms with van der Waals surface area (Å²) >= 11 is 3.39. The van der Waals surface area contributed by atoms with E-state index >= 15 is 0 Å². The van der Waals surface area contributed by atoms with Crippen LogP contribution in [0.5, 0.6) is 11.5 Å². The first-order chi connectivity index (χ1) is 15.8. The van der Waals surface area contributed by atoms with Crippen molar-refractivity contribution in [1.82, 2.24) is 5.43 Å². The summed E-state index contributed by atoms with van der Waals surface area (Å²) in [6, 6.07) is 10.6. The molecular weight excluding hydrogens is 494 g/mol. The van der Waals surface area contributed by atoms with Crippen molar-refractivity contribution in [3.8, 4) is 11.5 Å². The maximum absolute atomic E-state index is 12.0. The number of aryl methyl sites for hydroxylation is 1. The first-order valence-corrected chi connectivity index (χ1v) is 11.0. The van der Waals surface area contributed by atoms with E-state index in [1.54, 1.807) is 31.2 Å². The predicted molar refractivity (Wildman–Crippen MR) is 128 cm³/mol. The molecule has 2 aromatic rings. The maximum Gasteiger partial charge on any atom is 0.344 e. The number of ether oxygens (including phenoxy) is 3. The van der Waals surface area contributed by atoms with Gasteiger partial charge in [-0.05, 0) is 66.5 Å². The van der Waals surface area contributed by atoms with Gasteiger partial charge >= 0.3 is 5.97 Å². The molecule has 176 valence electrons. The van der Waals surface area contributed by atoms with E-state index in [-0.39, 0.29) is 19.6 Å². The third-order valence-corrected chi connectivity index (χ3v) is 4.62. The first-order valence-electron chi connectivity index (χ1n) is 10.3. The molecule has 0 aliphatic heterocycles. The normalized spacial score (nSPS) is 10.5. The van der Waals surface area contributed by atoms with Crippen LogP contribution in [-0.4, -0.2) is 43.8 Å². The summed E-state index contributed by atoms with van der Waals surface area (Å²) in [4.78, 5) is 35.6. The van der Waals surface area contributed by atoms with Gasteiger partial charge in [0.15, 0.2) is 18.1 Å². The van der Waals surface area contributed by atoms with Crippen LogP contribution in [0.4, 0.5) is 5.69 Å². The van der Waals surface area contributed by atoms with Gasteiger partial charge in [0, 0.05) is 5.69 Å². The molecule has 9 nitrogen and oxygen atoms in total. The zero-order valence-corrected chi connectivity index (χ0v) is 20.2. The largest absolute Gasteiger partial charge is 0.490 e. The number of amides is 2. The molecule has 2 aromatic carbocycles. The highest BCUT2D eigenvalue weighted by molar-refractivity contribution is 9.10. The standard InChI is InChI=1S/C23H26BrN3O6/c1-4-31-19-11-16(10-18(24)23(19)33-14-22(30)32-5-2)13-25-27-21(29)12-20(28)26-17-8-6-15(3)7-9-17/h6-11,13H,4-5,12,14H2,1-3H3,(H,26,28)(H,27,29). The minimum Gasteiger partial charge on any atom is -0.490 e. The molecule has 0 radical (unpaired) electrons. The highest BCUT2D eigenvalue weighted by Gasteiger charge is 2.14. The lowest BCUT2D eigenvalue weighted by atomic mass is 10.2. The van der Waals surface area contributed by atoms with Gasteiger partial charge in [0.05, 0.1) is 23.9 Å². The van der Waals surface area contributed by atoms with E-state index in [0.29, 0.717) is 33.8 Å². The van der Waals surface area contributed by atoms with E-state index in [4.69, 9.17) is 14.2 Å². The Morgan fingerprint density at radius 1 is 1.03 bits per heavy atom. The van der Waals surface area contributed by atoms with E-state index < -0.39 is 17.8 Å². The molecule has 0 atom stereocenters. The topological polar surface area (TPSA) is 115 Å². The Balaban J connectivity index is 1.95. The Bertz CT molecular complexity index is 1010. The number of anilines is 1. The highest BCUT2D eigenvalue weighted by atomic mass is 79.9. The lowest BCUT2D eigenvalue weighted by molar-refractivity contribution is -0.145. The minimum atomic E-state index is -0.561. The zero-order chi connectivity index (χ0) is 24.2. The predicted octanol–water partition coefficient (Wildman–Crippen LogP) is 3.58. The maximum atomic E-state index is 12.0. The van der Waals surface area contributed by atoms with Crippen LogP contribution in [0.2, 0.25) is 0 Å². The number of carbonyl (C=O) groups is 3. The lowest BCUT2D eigenvalue weighted by Crippen LogP contribution is -2.24. The van der Waals surface area contributed by atoms with Crippen molar-refractivity contribution < 1.29 is 28.6 Å². The van der Waals surface area contributed by atoms with E-state index in [9.17, 15) is 14.4 Å². The van der Waals surface area contributed by atoms with Crippen LogP contribution < -0.4 is 20.2 Å². The molecule has 0 saturated carbocycles. The number of nitrogens with one attached hydrogen (secondary N) is 2. The van der Waals surface area contributed by atoms with Gasteiger partial charge in [0.2, 0.25) is 11.8 Å². The molecule has 0 fully saturated rings. The van der Waals surface area contributed by atoms with Gasteiger partial charge in [0.25, 0.3) is 0 Å². The SMILES string of the molecule is CCOC(=O)COc1c(Br)cc(C=NNC(=O)CC(=O)Nc2ccc(C)cc2)cc1OCC. The van der Waals surface area contributed by atoms with Crippen molar-refractivity contribution in [2.24, 2.45) is 5.10 Å². The molecular formula is C23H26BrN3O6. The van der Waals surface area contributed by atoms with Crippen LogP contribution in [0.25, 0.3) is 0 Å². The average Bonchev–Trinajstić information content (AvgIpc) is 2.75. The zero-order valence-electron chi connectivity index (χ0n) is 18.6. The van der Waals surface area contributed by atoms with Crippen molar-refractivity contribution in [2.45, 2.75) is 27.2 Å². The Morgan fingerprint density at radius 3 is 2.42 bits per heavy atom. The Labute approximate surface area is 200 Å². The Morgan fingerprint density at radius 2 is 1.76 bits per heavy atom. The summed E-state index contributed by atoms with van der Waals surface area (Å²) in [6.07, 6.45) is 1.03. The van der Waals surface area contributed by atoms with Crippen LogP contribution >= 0.6 is 15.9 Å². The fraction of sp³-hybridized carbons (Fsp3) is 0.304. The molecule has 0 aliphatic rings. The van der Waals surface area contributed by atoms with Gasteiger partial charge in [-0.1, -0.05) is 17.7 Å². The quantitative estimate of drug-likeness (QED) is 0.203. The highest BCUT2D eigenvalue weighted by Crippen LogP contribution is 2.36. The summed E-state index contributed by atoms with van der Waals surface area (Å²) in [5.74, 6) is -0.766. The number of nitrogens with zero attached hydrogens (tertiary/aromatic N) is 1. The van der Waals surface area contributed by atoms with Gasteiger partial charge in [-0.25, -0.2) is 10.2 Å². The van der Waals surface area contributed by atoms with Crippen molar-refractivity contribution in [2.75, 3.05) is 25.1 Å². The number of hydrogen-bond donors (Lipinski definition) is 2. The minimum absolute atomic E-state index is 0.260. The molecule has 0 unspecified atom stereocenters. The lowest BCUT2D eigenvalue weighted by Gasteiger charge is -2.14. The first kappa shape index (κ1) is 25.9. The molecule has 0 aliphatic carbocycles. The molecule has 0 aromatic heterocycles. The van der Waals surface area contributed by atoms with Gasteiger partial charge in [-0.15, -0.1) is 0 Å². The van der Waals surface area contributed by atoms with E-state index in [1.165, 1.54) is 6.21 Å². The second-order valence-corrected chi connectivity index (χ2v) is 7.60. The van der Waals surface area contributed by atoms with Gasteiger partial charge in [0.1, 0.15) is 6.42 Å². The van der Waals surface area contributed by atoms with E-state index in [1.807, 2.05) is 26.0 Å². The molecule has 10 heteroatoms. The fourth-order valence-corrected chi connectivity index (χ4v) is 3.18. The summed E-state index contributed by atoms with van der Waals surface area (Å²) in [7, 11) is 0. The van der Waals surface area contributed by atoms with E-state index in [0.717, 1.165) is 5.56 Å². The van der Waals surface area contributed by atoms with Crippen LogP contribution in [0.15, 0.2) is 46.0 Å². The molecule has 0 saturated heterocycles. The van der Waals surface area contributed by atoms with Crippen LogP contribution in [0.1, 0.15) is 31.4 Å². The number of esters is 1. The summed E-state index contributed by atoms with van der Waals surface area (Å²) in [6.45, 7) is 5.83. The van der Waals surface area contributed by atoms with Gasteiger partial charge in [-0.2, -0.15) is 5.10 Å². The molecule has 0 spiro atoms. The third kappa shape index (κ3) is 8.93. The van der Waals surface area contributed by atoms with E-state index in [2.05, 4.69) is 31.8 Å². The molecule has 0 bridgehead atoms. The number of carbonyl (C=O) groups excluding carboxylic acids is 3. The Kier molecular flexibility index (Phi) is 10.4. The van der Waals surface area contributed by atoms with Crippen molar-refractivity contribution >= 4 is 45.6 Å². The van der Waals surface area contributed by atoms with Crippen molar-refractivity contribution in [1.29, 1.82) is 0 Å². The number of halogens is 1. The van der Waals surface area contributed by atoms with Crippen molar-refractivity contribution in [3.63, 3.8) is 0 Å². The summed E-state index contributed by atoms with van der Waals surface area (Å²) < 4.78 is 16.5. The van der Waals surface area contributed by atoms with Crippen LogP contribution in [0, 0.1) is 6.92 Å². The van der Waals surface area contributed by atoms with Crippen molar-refractivity contribution in [3.05, 3.63) is 52.0 Å². The number of hydrazone groups is 1. The molecule has 2 amide bonds. The molecule has 2 rings (SSSR count). The van der Waals surface area contributed by atoms with Crippen LogP contribution in [0.3, 0.4) is 0 Å². The van der Waals surface area contributed by atoms with Crippen LogP contribution in [-0.2, 0) is 19.1 Å². The molecule has 0 heterocycles. The third-order valence-electron chi connectivity index (χ3n) is 4.03. The number of benzene rings is 2. The Hall–Kier alpha value is -3.40. The molecule has 33 heavy (non-hydrogen) atoms. The summed E-state index contributed by atoms with van der Waals surface area (Å²) in [5, 5.41) is 6.54. The fourth-order valence-electron chi connectivity index (χ4n) is 2.61. The van der Waals surface area contributed by atoms with Gasteiger partial charge in [-0.3, -0.25) is 9.59 Å². The summed E-state index contributed by atoms with van der Waals surface area (Å²) in [5.41, 5.74) is 4.59. The number of hydrogen-bond acceptors (Lipinski definition) is 7. The second-order valence-electron chi connectivity index (χ2n) is 6.74. The number of rotatable bonds is 11. The smallest absolute Gasteiger partial charge is 0.344 e. The monoisotopic (exact) mass is 519 g/mol. The average molecular weight is 520 g/mol. The molecule has 2 N–H and O–H groups in total.